The van der Waals surface area contributed by atoms with Gasteiger partial charge in [0.15, 0.2) is 0 Å². The van der Waals surface area contributed by atoms with E-state index in [-0.39, 0.29) is 5.69 Å². The minimum absolute atomic E-state index is 0.0965. The number of hydrogen-bond donors (Lipinski definition) is 3. The summed E-state index contributed by atoms with van der Waals surface area (Å²) >= 11 is 5.91. The number of benzene rings is 1. The third-order valence-corrected chi connectivity index (χ3v) is 3.96. The van der Waals surface area contributed by atoms with Crippen LogP contribution in [0.2, 0.25) is 5.02 Å². The Labute approximate surface area is 141 Å². The third kappa shape index (κ3) is 2.43. The van der Waals surface area contributed by atoms with Crippen molar-refractivity contribution in [3.63, 3.8) is 0 Å². The summed E-state index contributed by atoms with van der Waals surface area (Å²) in [4.78, 5) is 22.8. The zero-order valence-electron chi connectivity index (χ0n) is 12.2. The molecule has 0 aliphatic carbocycles. The number of pyridine rings is 2. The monoisotopic (exact) mass is 338 g/mol. The molecule has 0 bridgehead atoms. The summed E-state index contributed by atoms with van der Waals surface area (Å²) in [6, 6.07) is 10.6. The molecule has 4 rings (SSSR count). The van der Waals surface area contributed by atoms with Crippen LogP contribution in [0.4, 0.5) is 11.5 Å². The summed E-state index contributed by atoms with van der Waals surface area (Å²) < 4.78 is 0. The first-order valence-corrected chi connectivity index (χ1v) is 7.52. The van der Waals surface area contributed by atoms with Gasteiger partial charge in [0.25, 0.3) is 0 Å². The molecule has 0 amide bonds. The van der Waals surface area contributed by atoms with Gasteiger partial charge in [0.1, 0.15) is 11.5 Å². The minimum atomic E-state index is -1.03. The molecular weight excluding hydrogens is 328 g/mol. The number of H-pyrrole nitrogens is 1. The molecule has 0 atom stereocenters. The Balaban J connectivity index is 1.92. The van der Waals surface area contributed by atoms with E-state index in [0.717, 1.165) is 16.5 Å². The van der Waals surface area contributed by atoms with Crippen LogP contribution < -0.4 is 5.32 Å². The standard InChI is InChI=1S/C17H11ClN4O2/c18-9-1-3-10(4-2-9)20-16-12-8-19-6-5-11(12)15-13(22-16)7-14(21-15)17(23)24/h1-8,21H,(H,20,22)(H,23,24). The van der Waals surface area contributed by atoms with Crippen molar-refractivity contribution in [1.29, 1.82) is 0 Å². The van der Waals surface area contributed by atoms with Crippen molar-refractivity contribution in [2.45, 2.75) is 0 Å². The summed E-state index contributed by atoms with van der Waals surface area (Å²) in [6.07, 6.45) is 3.36. The Hall–Kier alpha value is -3.12. The van der Waals surface area contributed by atoms with Gasteiger partial charge in [0, 0.05) is 33.9 Å². The van der Waals surface area contributed by atoms with Crippen molar-refractivity contribution in [2.24, 2.45) is 0 Å². The lowest BCUT2D eigenvalue weighted by Crippen LogP contribution is -1.96. The number of anilines is 2. The van der Waals surface area contributed by atoms with E-state index < -0.39 is 5.97 Å². The molecule has 24 heavy (non-hydrogen) atoms. The first kappa shape index (κ1) is 14.5. The van der Waals surface area contributed by atoms with Crippen LogP contribution in [0, 0.1) is 0 Å². The lowest BCUT2D eigenvalue weighted by atomic mass is 10.2. The van der Waals surface area contributed by atoms with Crippen LogP contribution in [0.5, 0.6) is 0 Å². The quantitative estimate of drug-likeness (QED) is 0.520. The van der Waals surface area contributed by atoms with Crippen LogP contribution in [0.15, 0.2) is 48.8 Å². The van der Waals surface area contributed by atoms with E-state index in [2.05, 4.69) is 20.3 Å². The molecule has 6 nitrogen and oxygen atoms in total. The smallest absolute Gasteiger partial charge is 0.352 e. The van der Waals surface area contributed by atoms with Gasteiger partial charge < -0.3 is 15.4 Å². The molecule has 0 fully saturated rings. The fourth-order valence-corrected chi connectivity index (χ4v) is 2.73. The van der Waals surface area contributed by atoms with E-state index in [1.165, 1.54) is 6.07 Å². The Morgan fingerprint density at radius 1 is 1.17 bits per heavy atom. The zero-order chi connectivity index (χ0) is 16.7. The van der Waals surface area contributed by atoms with Gasteiger partial charge in [-0.15, -0.1) is 0 Å². The normalized spacial score (nSPS) is 11.0. The number of carbonyl (C=O) groups is 1. The molecular formula is C17H11ClN4O2. The van der Waals surface area contributed by atoms with E-state index in [1.807, 2.05) is 18.2 Å². The number of aromatic carboxylic acids is 1. The Bertz CT molecular complexity index is 1070. The number of aromatic nitrogens is 3. The summed E-state index contributed by atoms with van der Waals surface area (Å²) in [5.41, 5.74) is 2.17. The SMILES string of the molecule is O=C(O)c1cc2nc(Nc3ccc(Cl)cc3)c3cnccc3c2[nH]1. The van der Waals surface area contributed by atoms with Crippen molar-refractivity contribution >= 4 is 50.9 Å². The molecule has 0 radical (unpaired) electrons. The number of aromatic amines is 1. The summed E-state index contributed by atoms with van der Waals surface area (Å²) in [5, 5.41) is 14.7. The van der Waals surface area contributed by atoms with E-state index in [0.29, 0.717) is 21.9 Å². The number of rotatable bonds is 3. The second-order valence-corrected chi connectivity index (χ2v) is 5.70. The summed E-state index contributed by atoms with van der Waals surface area (Å²) in [6.45, 7) is 0. The molecule has 7 heteroatoms. The maximum absolute atomic E-state index is 11.2. The highest BCUT2D eigenvalue weighted by molar-refractivity contribution is 6.30. The minimum Gasteiger partial charge on any atom is -0.477 e. The topological polar surface area (TPSA) is 90.9 Å². The number of hydrogen-bond acceptors (Lipinski definition) is 4. The van der Waals surface area contributed by atoms with Gasteiger partial charge in [0.05, 0.1) is 11.0 Å². The summed E-state index contributed by atoms with van der Waals surface area (Å²) in [7, 11) is 0. The number of fused-ring (bicyclic) bond motifs is 3. The predicted octanol–water partition coefficient (Wildman–Crippen LogP) is 4.21. The molecule has 0 saturated heterocycles. The molecule has 1 aromatic carbocycles. The lowest BCUT2D eigenvalue weighted by Gasteiger charge is -2.09. The van der Waals surface area contributed by atoms with Crippen LogP contribution in [-0.2, 0) is 0 Å². The number of nitrogens with one attached hydrogen (secondary N) is 2. The molecule has 0 aliphatic rings. The highest BCUT2D eigenvalue weighted by atomic mass is 35.5. The number of carboxylic acid groups (broad SMARTS) is 1. The molecule has 3 aromatic heterocycles. The second-order valence-electron chi connectivity index (χ2n) is 5.26. The first-order chi connectivity index (χ1) is 11.6. The maximum Gasteiger partial charge on any atom is 0.352 e. The Morgan fingerprint density at radius 2 is 1.96 bits per heavy atom. The van der Waals surface area contributed by atoms with Gasteiger partial charge in [-0.3, -0.25) is 4.98 Å². The van der Waals surface area contributed by atoms with Crippen molar-refractivity contribution in [1.82, 2.24) is 15.0 Å². The average molecular weight is 339 g/mol. The highest BCUT2D eigenvalue weighted by Crippen LogP contribution is 2.30. The molecule has 0 saturated carbocycles. The van der Waals surface area contributed by atoms with Crippen LogP contribution in [0.1, 0.15) is 10.5 Å². The van der Waals surface area contributed by atoms with E-state index in [4.69, 9.17) is 11.6 Å². The van der Waals surface area contributed by atoms with Crippen LogP contribution >= 0.6 is 11.6 Å². The predicted molar refractivity (Wildman–Crippen MR) is 93.1 cm³/mol. The maximum atomic E-state index is 11.2. The first-order valence-electron chi connectivity index (χ1n) is 7.14. The van der Waals surface area contributed by atoms with Gasteiger partial charge in [-0.2, -0.15) is 0 Å². The molecule has 4 aromatic rings. The fourth-order valence-electron chi connectivity index (χ4n) is 2.60. The summed E-state index contributed by atoms with van der Waals surface area (Å²) in [5.74, 6) is -0.425. The zero-order valence-corrected chi connectivity index (χ0v) is 13.0. The van der Waals surface area contributed by atoms with Crippen LogP contribution in [0.3, 0.4) is 0 Å². The van der Waals surface area contributed by atoms with E-state index in [9.17, 15) is 9.90 Å². The molecule has 3 heterocycles. The number of nitrogens with zero attached hydrogens (tertiary/aromatic N) is 2. The van der Waals surface area contributed by atoms with Gasteiger partial charge in [0.2, 0.25) is 0 Å². The Morgan fingerprint density at radius 3 is 2.71 bits per heavy atom. The average Bonchev–Trinajstić information content (AvgIpc) is 3.02. The highest BCUT2D eigenvalue weighted by Gasteiger charge is 2.14. The molecule has 118 valence electrons. The lowest BCUT2D eigenvalue weighted by molar-refractivity contribution is 0.0691. The molecule has 0 aliphatic heterocycles. The molecule has 3 N–H and O–H groups in total. The van der Waals surface area contributed by atoms with Gasteiger partial charge in [-0.1, -0.05) is 11.6 Å². The van der Waals surface area contributed by atoms with Crippen molar-refractivity contribution in [3.05, 3.63) is 59.5 Å². The van der Waals surface area contributed by atoms with Crippen LogP contribution in [-0.4, -0.2) is 26.0 Å². The molecule has 0 spiro atoms. The van der Waals surface area contributed by atoms with Gasteiger partial charge in [-0.25, -0.2) is 9.78 Å². The largest absolute Gasteiger partial charge is 0.477 e. The van der Waals surface area contributed by atoms with E-state index >= 15 is 0 Å². The fraction of sp³-hybridized carbons (Fsp3) is 0. The van der Waals surface area contributed by atoms with Gasteiger partial charge >= 0.3 is 5.97 Å². The van der Waals surface area contributed by atoms with Crippen molar-refractivity contribution in [3.8, 4) is 0 Å². The van der Waals surface area contributed by atoms with Crippen LogP contribution in [0.25, 0.3) is 21.8 Å². The number of carboxylic acids is 1. The second kappa shape index (κ2) is 5.50. The van der Waals surface area contributed by atoms with Crippen molar-refractivity contribution in [2.75, 3.05) is 5.32 Å². The van der Waals surface area contributed by atoms with Crippen molar-refractivity contribution < 1.29 is 9.90 Å². The van der Waals surface area contributed by atoms with Gasteiger partial charge in [-0.05, 0) is 36.4 Å². The van der Waals surface area contributed by atoms with E-state index in [1.54, 1.807) is 24.5 Å². The Kier molecular flexibility index (Phi) is 3.32. The number of halogens is 1. The molecule has 0 unspecified atom stereocenters. The third-order valence-electron chi connectivity index (χ3n) is 3.71.